The Morgan fingerprint density at radius 1 is 1.53 bits per heavy atom. The Morgan fingerprint density at radius 3 is 2.84 bits per heavy atom. The standard InChI is InChI=1S/C14H24O4Si/c1-17-13(18-2)19-7-3-5-14-6-4-10(9-14)8-11(14)12(15)16/h4,6,10-11,13H,3,5,7-9,19H2,1-2H3,(H,15,16). The first kappa shape index (κ1) is 14.7. The maximum absolute atomic E-state index is 11.4. The molecule has 2 rings (SSSR count). The van der Waals surface area contributed by atoms with Crippen LogP contribution in [0.2, 0.25) is 6.04 Å². The topological polar surface area (TPSA) is 55.8 Å². The summed E-state index contributed by atoms with van der Waals surface area (Å²) in [6.45, 7) is 0. The maximum Gasteiger partial charge on any atom is 0.307 e. The van der Waals surface area contributed by atoms with E-state index >= 15 is 0 Å². The predicted molar refractivity (Wildman–Crippen MR) is 75.8 cm³/mol. The minimum Gasteiger partial charge on any atom is -0.481 e. The van der Waals surface area contributed by atoms with Crippen molar-refractivity contribution >= 4 is 15.5 Å². The average molecular weight is 284 g/mol. The summed E-state index contributed by atoms with van der Waals surface area (Å²) < 4.78 is 10.4. The highest BCUT2D eigenvalue weighted by molar-refractivity contribution is 6.36. The van der Waals surface area contributed by atoms with Gasteiger partial charge in [0, 0.05) is 19.6 Å². The molecule has 108 valence electrons. The molecule has 0 aromatic rings. The lowest BCUT2D eigenvalue weighted by Gasteiger charge is -2.29. The normalized spacial score (nSPS) is 33.0. The first-order chi connectivity index (χ1) is 9.11. The minimum atomic E-state index is -0.615. The van der Waals surface area contributed by atoms with Gasteiger partial charge in [-0.1, -0.05) is 24.6 Å². The number of carbonyl (C=O) groups is 1. The quantitative estimate of drug-likeness (QED) is 0.318. The van der Waals surface area contributed by atoms with Crippen molar-refractivity contribution in [3.05, 3.63) is 12.2 Å². The van der Waals surface area contributed by atoms with E-state index in [9.17, 15) is 9.90 Å². The first-order valence-corrected chi connectivity index (χ1v) is 8.90. The van der Waals surface area contributed by atoms with E-state index in [4.69, 9.17) is 9.47 Å². The summed E-state index contributed by atoms with van der Waals surface area (Å²) in [4.78, 5) is 11.4. The van der Waals surface area contributed by atoms with Crippen molar-refractivity contribution in [2.75, 3.05) is 14.2 Å². The Morgan fingerprint density at radius 2 is 2.26 bits per heavy atom. The number of ether oxygens (including phenoxy) is 2. The van der Waals surface area contributed by atoms with E-state index in [-0.39, 0.29) is 26.8 Å². The third-order valence-corrected chi connectivity index (χ3v) is 6.78. The molecule has 0 aromatic carbocycles. The summed E-state index contributed by atoms with van der Waals surface area (Å²) in [6, 6.07) is 1.15. The van der Waals surface area contributed by atoms with E-state index in [1.807, 2.05) is 0 Å². The molecule has 4 nitrogen and oxygen atoms in total. The Kier molecular flexibility index (Phi) is 4.81. The fraction of sp³-hybridized carbons (Fsp3) is 0.786. The van der Waals surface area contributed by atoms with E-state index in [0.717, 1.165) is 31.7 Å². The monoisotopic (exact) mass is 284 g/mol. The fourth-order valence-corrected chi connectivity index (χ4v) is 5.06. The highest BCUT2D eigenvalue weighted by Crippen LogP contribution is 2.55. The summed E-state index contributed by atoms with van der Waals surface area (Å²) in [5, 5.41) is 9.36. The lowest BCUT2D eigenvalue weighted by Crippen LogP contribution is -2.30. The third kappa shape index (κ3) is 3.09. The van der Waals surface area contributed by atoms with E-state index in [1.54, 1.807) is 14.2 Å². The van der Waals surface area contributed by atoms with Crippen LogP contribution in [0.4, 0.5) is 0 Å². The molecule has 0 heterocycles. The smallest absolute Gasteiger partial charge is 0.307 e. The number of carboxylic acids is 1. The van der Waals surface area contributed by atoms with E-state index in [0.29, 0.717) is 5.92 Å². The zero-order chi connectivity index (χ0) is 13.9. The van der Waals surface area contributed by atoms with Gasteiger partial charge in [0.25, 0.3) is 0 Å². The number of carboxylic acid groups (broad SMARTS) is 1. The molecule has 1 saturated carbocycles. The van der Waals surface area contributed by atoms with E-state index < -0.39 is 5.97 Å². The largest absolute Gasteiger partial charge is 0.481 e. The van der Waals surface area contributed by atoms with Crippen LogP contribution >= 0.6 is 0 Å². The molecule has 3 unspecified atom stereocenters. The maximum atomic E-state index is 11.4. The Labute approximate surface area is 117 Å². The molecule has 2 bridgehead atoms. The molecule has 2 aliphatic rings. The second-order valence-corrected chi connectivity index (χ2v) is 7.78. The van der Waals surface area contributed by atoms with Crippen LogP contribution < -0.4 is 0 Å². The molecule has 0 spiro atoms. The zero-order valence-electron chi connectivity index (χ0n) is 11.8. The first-order valence-electron chi connectivity index (χ1n) is 7.09. The molecule has 1 N–H and O–H groups in total. The van der Waals surface area contributed by atoms with Gasteiger partial charge in [-0.2, -0.15) is 0 Å². The van der Waals surface area contributed by atoms with Crippen molar-refractivity contribution in [1.82, 2.24) is 0 Å². The second-order valence-electron chi connectivity index (χ2n) is 5.83. The van der Waals surface area contributed by atoms with Gasteiger partial charge in [0.1, 0.15) is 5.91 Å². The fourth-order valence-electron chi connectivity index (χ4n) is 3.71. The van der Waals surface area contributed by atoms with Gasteiger partial charge in [-0.3, -0.25) is 4.79 Å². The summed E-state index contributed by atoms with van der Waals surface area (Å²) in [6.07, 6.45) is 8.39. The number of allylic oxidation sites excluding steroid dienone is 2. The summed E-state index contributed by atoms with van der Waals surface area (Å²) in [5.41, 5.74) is -0.0550. The minimum absolute atomic E-state index is 0.00298. The van der Waals surface area contributed by atoms with E-state index in [2.05, 4.69) is 12.2 Å². The molecule has 0 amide bonds. The van der Waals surface area contributed by atoms with Crippen LogP contribution in [0.15, 0.2) is 12.2 Å². The van der Waals surface area contributed by atoms with Crippen LogP contribution in [0.5, 0.6) is 0 Å². The predicted octanol–water partition coefficient (Wildman–Crippen LogP) is 1.60. The Balaban J connectivity index is 1.81. The van der Waals surface area contributed by atoms with Crippen molar-refractivity contribution in [3.8, 4) is 0 Å². The number of hydrogen-bond acceptors (Lipinski definition) is 3. The zero-order valence-corrected chi connectivity index (χ0v) is 13.2. The van der Waals surface area contributed by atoms with Gasteiger partial charge >= 0.3 is 5.97 Å². The molecule has 0 radical (unpaired) electrons. The van der Waals surface area contributed by atoms with Gasteiger partial charge in [0.15, 0.2) is 0 Å². The number of methoxy groups -OCH3 is 2. The Bertz CT molecular complexity index is 353. The lowest BCUT2D eigenvalue weighted by molar-refractivity contribution is -0.144. The molecular weight excluding hydrogens is 260 g/mol. The van der Waals surface area contributed by atoms with Gasteiger partial charge in [-0.05, 0) is 25.2 Å². The van der Waals surface area contributed by atoms with Gasteiger partial charge in [-0.25, -0.2) is 0 Å². The molecular formula is C14H24O4Si. The molecule has 2 aliphatic carbocycles. The van der Waals surface area contributed by atoms with Crippen molar-refractivity contribution in [2.24, 2.45) is 17.3 Å². The van der Waals surface area contributed by atoms with Gasteiger partial charge in [0.05, 0.1) is 15.4 Å². The molecule has 0 aliphatic heterocycles. The van der Waals surface area contributed by atoms with Crippen LogP contribution in [0.3, 0.4) is 0 Å². The van der Waals surface area contributed by atoms with Gasteiger partial charge in [-0.15, -0.1) is 0 Å². The molecule has 5 heteroatoms. The highest BCUT2D eigenvalue weighted by atomic mass is 28.2. The van der Waals surface area contributed by atoms with Gasteiger partial charge in [0.2, 0.25) is 0 Å². The van der Waals surface area contributed by atoms with Crippen LogP contribution in [0.25, 0.3) is 0 Å². The molecule has 19 heavy (non-hydrogen) atoms. The Hall–Kier alpha value is -0.653. The number of aliphatic carboxylic acids is 1. The van der Waals surface area contributed by atoms with Crippen LogP contribution in [-0.2, 0) is 14.3 Å². The second kappa shape index (κ2) is 6.20. The number of rotatable bonds is 8. The molecule has 0 aromatic heterocycles. The molecule has 0 saturated heterocycles. The number of hydrogen-bond donors (Lipinski definition) is 1. The lowest BCUT2D eigenvalue weighted by atomic mass is 9.75. The van der Waals surface area contributed by atoms with Crippen molar-refractivity contribution in [3.63, 3.8) is 0 Å². The average Bonchev–Trinajstić information content (AvgIpc) is 2.97. The molecule has 3 atom stereocenters. The summed E-state index contributed by atoms with van der Waals surface area (Å²) in [5.74, 6) is -0.271. The third-order valence-electron chi connectivity index (χ3n) is 4.73. The van der Waals surface area contributed by atoms with Crippen LogP contribution in [0, 0.1) is 17.3 Å². The number of fused-ring (bicyclic) bond motifs is 2. The molecule has 1 fully saturated rings. The van der Waals surface area contributed by atoms with Crippen LogP contribution in [0.1, 0.15) is 25.7 Å². The van der Waals surface area contributed by atoms with Crippen molar-refractivity contribution < 1.29 is 19.4 Å². The van der Waals surface area contributed by atoms with E-state index in [1.165, 1.54) is 0 Å². The van der Waals surface area contributed by atoms with Gasteiger partial charge < -0.3 is 14.6 Å². The van der Waals surface area contributed by atoms with Crippen molar-refractivity contribution in [2.45, 2.75) is 37.6 Å². The summed E-state index contributed by atoms with van der Waals surface area (Å²) >= 11 is 0. The van der Waals surface area contributed by atoms with Crippen LogP contribution in [-0.4, -0.2) is 40.7 Å². The summed E-state index contributed by atoms with van der Waals surface area (Å²) in [7, 11) is 2.98. The highest BCUT2D eigenvalue weighted by Gasteiger charge is 2.51. The van der Waals surface area contributed by atoms with Crippen molar-refractivity contribution in [1.29, 1.82) is 0 Å². The SMILES string of the molecule is COC(OC)[SiH2]CCCC12C=CC(CC1C(=O)O)C2.